The molecule has 0 saturated heterocycles. The molecule has 1 aliphatic rings. The number of halogens is 1. The fourth-order valence-electron chi connectivity index (χ4n) is 2.65. The summed E-state index contributed by atoms with van der Waals surface area (Å²) in [5.74, 6) is -0.402. The fourth-order valence-corrected chi connectivity index (χ4v) is 3.54. The lowest BCUT2D eigenvalue weighted by Gasteiger charge is -2.27. The molecule has 6 heteroatoms. The Morgan fingerprint density at radius 1 is 1.43 bits per heavy atom. The molecular weight excluding hydrogens is 313 g/mol. The van der Waals surface area contributed by atoms with Crippen molar-refractivity contribution >= 4 is 22.9 Å². The Morgan fingerprint density at radius 3 is 3.09 bits per heavy atom. The number of nitrogens with zero attached hydrogens (tertiary/aromatic N) is 2. The van der Waals surface area contributed by atoms with E-state index in [4.69, 9.17) is 5.26 Å². The highest BCUT2D eigenvalue weighted by Gasteiger charge is 2.20. The quantitative estimate of drug-likeness (QED) is 0.937. The van der Waals surface area contributed by atoms with Crippen molar-refractivity contribution in [1.29, 1.82) is 5.26 Å². The largest absolute Gasteiger partial charge is 0.382 e. The molecule has 118 valence electrons. The predicted molar refractivity (Wildman–Crippen MR) is 87.7 cm³/mol. The SMILES string of the molecule is N#Cc1ccc(NCCC(=O)N2CCc3sccc3C2)c(F)c1. The minimum atomic E-state index is -0.475. The van der Waals surface area contributed by atoms with Gasteiger partial charge in [-0.3, -0.25) is 4.79 Å². The van der Waals surface area contributed by atoms with E-state index in [2.05, 4.69) is 16.8 Å². The van der Waals surface area contributed by atoms with Crippen LogP contribution in [-0.4, -0.2) is 23.9 Å². The normalized spacial score (nSPS) is 13.3. The van der Waals surface area contributed by atoms with Gasteiger partial charge in [-0.15, -0.1) is 11.3 Å². The van der Waals surface area contributed by atoms with E-state index in [1.165, 1.54) is 22.6 Å². The molecule has 0 atom stereocenters. The highest BCUT2D eigenvalue weighted by atomic mass is 32.1. The Kier molecular flexibility index (Phi) is 4.58. The molecule has 0 unspecified atom stereocenters. The zero-order valence-electron chi connectivity index (χ0n) is 12.5. The number of nitrogens with one attached hydrogen (secondary N) is 1. The van der Waals surface area contributed by atoms with Crippen LogP contribution >= 0.6 is 11.3 Å². The molecule has 23 heavy (non-hydrogen) atoms. The number of benzene rings is 1. The number of hydrogen-bond acceptors (Lipinski definition) is 4. The second kappa shape index (κ2) is 6.80. The third-order valence-electron chi connectivity index (χ3n) is 3.91. The lowest BCUT2D eigenvalue weighted by atomic mass is 10.1. The van der Waals surface area contributed by atoms with Gasteiger partial charge < -0.3 is 10.2 Å². The van der Waals surface area contributed by atoms with Gasteiger partial charge in [-0.2, -0.15) is 5.26 Å². The number of anilines is 1. The number of hydrogen-bond donors (Lipinski definition) is 1. The highest BCUT2D eigenvalue weighted by Crippen LogP contribution is 2.24. The predicted octanol–water partition coefficient (Wildman–Crippen LogP) is 3.15. The van der Waals surface area contributed by atoms with Crippen LogP contribution in [0.1, 0.15) is 22.4 Å². The van der Waals surface area contributed by atoms with E-state index < -0.39 is 5.82 Å². The van der Waals surface area contributed by atoms with Gasteiger partial charge in [-0.05, 0) is 41.6 Å². The van der Waals surface area contributed by atoms with Gasteiger partial charge in [-0.25, -0.2) is 4.39 Å². The van der Waals surface area contributed by atoms with Crippen molar-refractivity contribution in [3.8, 4) is 6.07 Å². The molecule has 0 saturated carbocycles. The maximum Gasteiger partial charge on any atom is 0.224 e. The molecule has 1 aliphatic heterocycles. The van der Waals surface area contributed by atoms with E-state index in [0.29, 0.717) is 25.2 Å². The van der Waals surface area contributed by atoms with Gasteiger partial charge in [0.15, 0.2) is 0 Å². The first-order valence-electron chi connectivity index (χ1n) is 7.44. The van der Waals surface area contributed by atoms with Crippen LogP contribution in [-0.2, 0) is 17.8 Å². The summed E-state index contributed by atoms with van der Waals surface area (Å²) in [5.41, 5.74) is 1.83. The van der Waals surface area contributed by atoms with Crippen LogP contribution in [0.2, 0.25) is 0 Å². The molecule has 0 bridgehead atoms. The summed E-state index contributed by atoms with van der Waals surface area (Å²) < 4.78 is 13.7. The molecule has 1 amide bonds. The second-order valence-electron chi connectivity index (χ2n) is 5.42. The van der Waals surface area contributed by atoms with Crippen LogP contribution in [0, 0.1) is 17.1 Å². The average Bonchev–Trinajstić information content (AvgIpc) is 3.03. The van der Waals surface area contributed by atoms with Crippen molar-refractivity contribution in [1.82, 2.24) is 4.90 Å². The molecule has 1 aromatic carbocycles. The van der Waals surface area contributed by atoms with Gasteiger partial charge in [0.1, 0.15) is 5.82 Å². The van der Waals surface area contributed by atoms with Crippen molar-refractivity contribution in [2.24, 2.45) is 0 Å². The van der Waals surface area contributed by atoms with Gasteiger partial charge in [-0.1, -0.05) is 0 Å². The van der Waals surface area contributed by atoms with E-state index in [1.54, 1.807) is 17.4 Å². The lowest BCUT2D eigenvalue weighted by molar-refractivity contribution is -0.131. The molecule has 0 fully saturated rings. The van der Waals surface area contributed by atoms with Gasteiger partial charge in [0, 0.05) is 30.9 Å². The lowest BCUT2D eigenvalue weighted by Crippen LogP contribution is -2.36. The Labute approximate surface area is 138 Å². The standard InChI is InChI=1S/C17H16FN3OS/c18-14-9-12(10-19)1-2-15(14)20-6-3-17(22)21-7-4-16-13(11-21)5-8-23-16/h1-2,5,8-9,20H,3-4,6-7,11H2. The number of carbonyl (C=O) groups excluding carboxylic acids is 1. The number of carbonyl (C=O) groups is 1. The maximum atomic E-state index is 13.7. The van der Waals surface area contributed by atoms with Crippen LogP contribution in [0.3, 0.4) is 0 Å². The van der Waals surface area contributed by atoms with E-state index >= 15 is 0 Å². The summed E-state index contributed by atoms with van der Waals surface area (Å²) in [6.07, 6.45) is 1.23. The van der Waals surface area contributed by atoms with E-state index in [9.17, 15) is 9.18 Å². The monoisotopic (exact) mass is 329 g/mol. The summed E-state index contributed by atoms with van der Waals surface area (Å²) in [4.78, 5) is 15.5. The molecule has 0 radical (unpaired) electrons. The van der Waals surface area contributed by atoms with Crippen LogP contribution in [0.15, 0.2) is 29.6 Å². The van der Waals surface area contributed by atoms with Crippen molar-refractivity contribution < 1.29 is 9.18 Å². The number of fused-ring (bicyclic) bond motifs is 1. The summed E-state index contributed by atoms with van der Waals surface area (Å²) in [6.45, 7) is 1.79. The number of amides is 1. The van der Waals surface area contributed by atoms with Crippen LogP contribution < -0.4 is 5.32 Å². The summed E-state index contributed by atoms with van der Waals surface area (Å²) in [7, 11) is 0. The minimum Gasteiger partial charge on any atom is -0.382 e. The van der Waals surface area contributed by atoms with E-state index in [1.807, 2.05) is 11.0 Å². The smallest absolute Gasteiger partial charge is 0.224 e. The Hall–Kier alpha value is -2.39. The minimum absolute atomic E-state index is 0.0726. The third kappa shape index (κ3) is 3.51. The molecule has 0 spiro atoms. The van der Waals surface area contributed by atoms with Crippen LogP contribution in [0.4, 0.5) is 10.1 Å². The van der Waals surface area contributed by atoms with Crippen molar-refractivity contribution in [3.05, 3.63) is 51.5 Å². The van der Waals surface area contributed by atoms with E-state index in [0.717, 1.165) is 13.0 Å². The van der Waals surface area contributed by atoms with Crippen LogP contribution in [0.5, 0.6) is 0 Å². The Bertz CT molecular complexity index is 765. The van der Waals surface area contributed by atoms with Gasteiger partial charge in [0.25, 0.3) is 0 Å². The number of rotatable bonds is 4. The van der Waals surface area contributed by atoms with Gasteiger partial charge >= 0.3 is 0 Å². The second-order valence-corrected chi connectivity index (χ2v) is 6.42. The first-order valence-corrected chi connectivity index (χ1v) is 8.32. The topological polar surface area (TPSA) is 56.1 Å². The maximum absolute atomic E-state index is 13.7. The molecule has 2 aromatic rings. The van der Waals surface area contributed by atoms with Crippen molar-refractivity contribution in [2.45, 2.75) is 19.4 Å². The molecule has 1 aromatic heterocycles. The third-order valence-corrected chi connectivity index (χ3v) is 4.94. The molecule has 1 N–H and O–H groups in total. The summed E-state index contributed by atoms with van der Waals surface area (Å²) in [5, 5.41) is 13.7. The molecule has 3 rings (SSSR count). The zero-order valence-corrected chi connectivity index (χ0v) is 13.3. The van der Waals surface area contributed by atoms with Crippen molar-refractivity contribution in [2.75, 3.05) is 18.4 Å². The molecule has 4 nitrogen and oxygen atoms in total. The Morgan fingerprint density at radius 2 is 2.30 bits per heavy atom. The average molecular weight is 329 g/mol. The van der Waals surface area contributed by atoms with Gasteiger partial charge in [0.05, 0.1) is 17.3 Å². The first kappa shape index (κ1) is 15.5. The number of nitriles is 1. The fraction of sp³-hybridized carbons (Fsp3) is 0.294. The van der Waals surface area contributed by atoms with Crippen molar-refractivity contribution in [3.63, 3.8) is 0 Å². The van der Waals surface area contributed by atoms with E-state index in [-0.39, 0.29) is 11.5 Å². The Balaban J connectivity index is 1.51. The summed E-state index contributed by atoms with van der Waals surface area (Å²) in [6, 6.07) is 8.23. The highest BCUT2D eigenvalue weighted by molar-refractivity contribution is 7.10. The molecule has 2 heterocycles. The first-order chi connectivity index (χ1) is 11.2. The molecular formula is C17H16FN3OS. The summed E-state index contributed by atoms with van der Waals surface area (Å²) >= 11 is 1.74. The number of thiophene rings is 1. The zero-order chi connectivity index (χ0) is 16.2. The van der Waals surface area contributed by atoms with Crippen LogP contribution in [0.25, 0.3) is 0 Å². The van der Waals surface area contributed by atoms with Gasteiger partial charge in [0.2, 0.25) is 5.91 Å². The molecule has 0 aliphatic carbocycles.